The van der Waals surface area contributed by atoms with Crippen LogP contribution in [0.2, 0.25) is 0 Å². The van der Waals surface area contributed by atoms with Crippen molar-refractivity contribution in [3.8, 4) is 5.75 Å². The summed E-state index contributed by atoms with van der Waals surface area (Å²) in [6, 6.07) is 13.9. The highest BCUT2D eigenvalue weighted by molar-refractivity contribution is 7.90. The summed E-state index contributed by atoms with van der Waals surface area (Å²) in [4.78, 5) is 17.9. The molecular weight excluding hydrogens is 547 g/mol. The number of nitrogens with zero attached hydrogens (tertiary/aromatic N) is 1. The summed E-state index contributed by atoms with van der Waals surface area (Å²) in [7, 11) is -7.65. The number of hydrogen-bond acceptors (Lipinski definition) is 8. The van der Waals surface area contributed by atoms with Gasteiger partial charge in [0.05, 0.1) is 28.5 Å². The number of hydrogen-bond donors (Lipinski definition) is 2. The molecule has 2 N–H and O–H groups in total. The van der Waals surface area contributed by atoms with Crippen molar-refractivity contribution in [2.45, 2.75) is 49.4 Å². The van der Waals surface area contributed by atoms with Gasteiger partial charge in [-0.2, -0.15) is 4.72 Å². The smallest absolute Gasteiger partial charge is 0.242 e. The SMILES string of the molecule is CC[C@](Cc1ccccc1)(NC(=O)[C@H](C)CS(=O)(=O)Cc1cncs1)NS(=O)(=O)c1ccc2c(c1)CCO2. The van der Waals surface area contributed by atoms with Gasteiger partial charge in [0.25, 0.3) is 0 Å². The zero-order valence-electron chi connectivity index (χ0n) is 21.2. The Balaban J connectivity index is 1.58. The van der Waals surface area contributed by atoms with Crippen LogP contribution in [0, 0.1) is 5.92 Å². The van der Waals surface area contributed by atoms with Crippen LogP contribution in [-0.4, -0.2) is 45.7 Å². The van der Waals surface area contributed by atoms with Gasteiger partial charge in [-0.15, -0.1) is 11.3 Å². The van der Waals surface area contributed by atoms with E-state index in [-0.39, 0.29) is 29.2 Å². The molecule has 204 valence electrons. The summed E-state index contributed by atoms with van der Waals surface area (Å²) in [5.74, 6) is -1.37. The lowest BCUT2D eigenvalue weighted by atomic mass is 9.97. The van der Waals surface area contributed by atoms with E-state index in [1.807, 2.05) is 30.3 Å². The van der Waals surface area contributed by atoms with Gasteiger partial charge in [-0.25, -0.2) is 16.8 Å². The Morgan fingerprint density at radius 1 is 1.16 bits per heavy atom. The van der Waals surface area contributed by atoms with E-state index in [9.17, 15) is 21.6 Å². The summed E-state index contributed by atoms with van der Waals surface area (Å²) in [6.07, 6.45) is 2.51. The number of ether oxygens (including phenoxy) is 1. The first kappa shape index (κ1) is 28.2. The number of carbonyl (C=O) groups excluding carboxylic acids is 1. The molecule has 2 aromatic carbocycles. The fourth-order valence-electron chi connectivity index (χ4n) is 4.39. The van der Waals surface area contributed by atoms with E-state index in [1.54, 1.807) is 24.6 Å². The van der Waals surface area contributed by atoms with E-state index in [2.05, 4.69) is 15.0 Å². The second-order valence-electron chi connectivity index (χ2n) is 9.48. The number of carbonyl (C=O) groups is 1. The number of aromatic nitrogens is 1. The Morgan fingerprint density at radius 2 is 1.92 bits per heavy atom. The summed E-state index contributed by atoms with van der Waals surface area (Å²) >= 11 is 1.24. The van der Waals surface area contributed by atoms with Crippen LogP contribution < -0.4 is 14.8 Å². The van der Waals surface area contributed by atoms with Crippen molar-refractivity contribution in [1.29, 1.82) is 0 Å². The third-order valence-electron chi connectivity index (χ3n) is 6.41. The average Bonchev–Trinajstić information content (AvgIpc) is 3.55. The van der Waals surface area contributed by atoms with Crippen molar-refractivity contribution in [2.75, 3.05) is 12.4 Å². The van der Waals surface area contributed by atoms with Gasteiger partial charge in [0.2, 0.25) is 15.9 Å². The first-order chi connectivity index (χ1) is 18.0. The standard InChI is InChI=1S/C26H31N3O6S3/c1-3-26(14-20-7-5-4-6-8-20,29-38(33,34)23-9-10-24-21(13-23)11-12-35-24)28-25(30)19(2)16-37(31,32)17-22-15-27-18-36-22/h4-10,13,15,18-19,29H,3,11-12,14,16-17H2,1-2H3,(H,28,30)/t19-,26+/m1/s1. The predicted octanol–water partition coefficient (Wildman–Crippen LogP) is 3.07. The Hall–Kier alpha value is -2.80. The molecule has 12 heteroatoms. The summed E-state index contributed by atoms with van der Waals surface area (Å²) in [6.45, 7) is 3.80. The topological polar surface area (TPSA) is 132 Å². The van der Waals surface area contributed by atoms with E-state index in [0.717, 1.165) is 11.1 Å². The molecule has 1 aromatic heterocycles. The molecular formula is C26H31N3O6S3. The van der Waals surface area contributed by atoms with Gasteiger partial charge in [0, 0.05) is 29.8 Å². The first-order valence-electron chi connectivity index (χ1n) is 12.2. The van der Waals surface area contributed by atoms with Crippen molar-refractivity contribution < 1.29 is 26.4 Å². The van der Waals surface area contributed by atoms with Crippen LogP contribution in [0.5, 0.6) is 5.75 Å². The van der Waals surface area contributed by atoms with Crippen LogP contribution in [0.15, 0.2) is 65.1 Å². The highest BCUT2D eigenvalue weighted by atomic mass is 32.2. The number of nitrogens with one attached hydrogen (secondary N) is 2. The number of benzene rings is 2. The number of fused-ring (bicyclic) bond motifs is 1. The minimum absolute atomic E-state index is 0.0714. The van der Waals surface area contributed by atoms with Crippen LogP contribution in [-0.2, 0) is 43.2 Å². The normalized spacial score (nSPS) is 15.7. The van der Waals surface area contributed by atoms with Crippen molar-refractivity contribution in [3.63, 3.8) is 0 Å². The Kier molecular flexibility index (Phi) is 8.55. The van der Waals surface area contributed by atoms with E-state index in [0.29, 0.717) is 23.7 Å². The molecule has 2 atom stereocenters. The van der Waals surface area contributed by atoms with Gasteiger partial charge >= 0.3 is 0 Å². The molecule has 0 unspecified atom stereocenters. The van der Waals surface area contributed by atoms with E-state index < -0.39 is 37.3 Å². The van der Waals surface area contributed by atoms with Crippen molar-refractivity contribution in [2.24, 2.45) is 5.92 Å². The molecule has 4 rings (SSSR count). The van der Waals surface area contributed by atoms with Crippen LogP contribution in [0.3, 0.4) is 0 Å². The lowest BCUT2D eigenvalue weighted by molar-refractivity contribution is -0.126. The van der Waals surface area contributed by atoms with E-state index >= 15 is 0 Å². The molecule has 0 aliphatic carbocycles. The molecule has 1 aliphatic rings. The molecule has 0 spiro atoms. The molecule has 38 heavy (non-hydrogen) atoms. The lowest BCUT2D eigenvalue weighted by Gasteiger charge is -2.36. The van der Waals surface area contributed by atoms with Gasteiger partial charge < -0.3 is 10.1 Å². The Bertz CT molecular complexity index is 1480. The molecule has 1 aliphatic heterocycles. The lowest BCUT2D eigenvalue weighted by Crippen LogP contribution is -2.62. The molecule has 0 fully saturated rings. The molecule has 1 amide bonds. The fourth-order valence-corrected chi connectivity index (χ4v) is 8.56. The second kappa shape index (κ2) is 11.5. The second-order valence-corrected chi connectivity index (χ2v) is 14.2. The summed E-state index contributed by atoms with van der Waals surface area (Å²) in [5, 5.41) is 2.86. The number of sulfone groups is 1. The molecule has 0 saturated heterocycles. The van der Waals surface area contributed by atoms with Crippen molar-refractivity contribution in [3.05, 3.63) is 76.2 Å². The zero-order chi connectivity index (χ0) is 27.4. The van der Waals surface area contributed by atoms with Gasteiger partial charge in [0.15, 0.2) is 9.84 Å². The number of thiazole rings is 1. The van der Waals surface area contributed by atoms with Gasteiger partial charge in [-0.3, -0.25) is 9.78 Å². The third kappa shape index (κ3) is 6.99. The first-order valence-corrected chi connectivity index (χ1v) is 16.4. The molecule has 9 nitrogen and oxygen atoms in total. The maximum atomic E-state index is 13.6. The summed E-state index contributed by atoms with van der Waals surface area (Å²) in [5.41, 5.74) is 1.79. The Morgan fingerprint density at radius 3 is 2.61 bits per heavy atom. The van der Waals surface area contributed by atoms with Crippen LogP contribution >= 0.6 is 11.3 Å². The Labute approximate surface area is 227 Å². The molecule has 0 bridgehead atoms. The zero-order valence-corrected chi connectivity index (χ0v) is 23.7. The maximum Gasteiger partial charge on any atom is 0.242 e. The predicted molar refractivity (Wildman–Crippen MR) is 146 cm³/mol. The molecule has 0 radical (unpaired) electrons. The van der Waals surface area contributed by atoms with Crippen LogP contribution in [0.4, 0.5) is 0 Å². The number of sulfonamides is 1. The van der Waals surface area contributed by atoms with Crippen molar-refractivity contribution >= 4 is 37.1 Å². The van der Waals surface area contributed by atoms with E-state index in [1.165, 1.54) is 30.5 Å². The van der Waals surface area contributed by atoms with Crippen molar-refractivity contribution in [1.82, 2.24) is 15.0 Å². The molecule has 2 heterocycles. The van der Waals surface area contributed by atoms with Crippen LogP contribution in [0.1, 0.15) is 36.3 Å². The highest BCUT2D eigenvalue weighted by Gasteiger charge is 2.37. The molecule has 0 saturated carbocycles. The van der Waals surface area contributed by atoms with E-state index in [4.69, 9.17) is 4.74 Å². The largest absolute Gasteiger partial charge is 0.493 e. The van der Waals surface area contributed by atoms with Crippen LogP contribution in [0.25, 0.3) is 0 Å². The summed E-state index contributed by atoms with van der Waals surface area (Å²) < 4.78 is 60.8. The monoisotopic (exact) mass is 577 g/mol. The minimum atomic E-state index is -4.06. The highest BCUT2D eigenvalue weighted by Crippen LogP contribution is 2.29. The average molecular weight is 578 g/mol. The minimum Gasteiger partial charge on any atom is -0.493 e. The third-order valence-corrected chi connectivity index (χ3v) is 10.7. The maximum absolute atomic E-state index is 13.6. The fraction of sp³-hybridized carbons (Fsp3) is 0.385. The molecule has 3 aromatic rings. The van der Waals surface area contributed by atoms with Gasteiger partial charge in [0.1, 0.15) is 11.4 Å². The van der Waals surface area contributed by atoms with Gasteiger partial charge in [-0.1, -0.05) is 44.2 Å². The van der Waals surface area contributed by atoms with Gasteiger partial charge in [-0.05, 0) is 35.7 Å². The number of amides is 1. The quantitative estimate of drug-likeness (QED) is 0.316. The number of rotatable bonds is 12.